The summed E-state index contributed by atoms with van der Waals surface area (Å²) in [5, 5.41) is 21.1. The zero-order chi connectivity index (χ0) is 19.2. The molecule has 0 aliphatic carbocycles. The summed E-state index contributed by atoms with van der Waals surface area (Å²) in [6.07, 6.45) is 1.51. The molecule has 27 heavy (non-hydrogen) atoms. The van der Waals surface area contributed by atoms with Gasteiger partial charge in [-0.25, -0.2) is 0 Å². The van der Waals surface area contributed by atoms with Crippen molar-refractivity contribution >= 4 is 28.5 Å². The molecule has 1 amide bonds. The molecule has 0 atom stereocenters. The Kier molecular flexibility index (Phi) is 5.59. The molecule has 0 unspecified atom stereocenters. The number of aryl methyl sites for hydroxylation is 1. The molecule has 0 fully saturated rings. The van der Waals surface area contributed by atoms with Gasteiger partial charge in [0.2, 0.25) is 5.13 Å². The van der Waals surface area contributed by atoms with Gasteiger partial charge >= 0.3 is 0 Å². The Morgan fingerprint density at radius 2 is 1.85 bits per heavy atom. The van der Waals surface area contributed by atoms with E-state index in [1.807, 2.05) is 37.3 Å². The molecule has 6 nitrogen and oxygen atoms in total. The molecule has 0 saturated carbocycles. The van der Waals surface area contributed by atoms with Crippen LogP contribution in [0.15, 0.2) is 54.1 Å². The van der Waals surface area contributed by atoms with E-state index in [-0.39, 0.29) is 5.57 Å². The zero-order valence-electron chi connectivity index (χ0n) is 14.8. The maximum Gasteiger partial charge on any atom is 0.268 e. The van der Waals surface area contributed by atoms with Crippen molar-refractivity contribution in [2.75, 3.05) is 12.4 Å². The maximum atomic E-state index is 12.4. The number of benzene rings is 2. The molecule has 3 rings (SSSR count). The molecular weight excluding hydrogens is 360 g/mol. The van der Waals surface area contributed by atoms with Crippen LogP contribution >= 0.6 is 11.3 Å². The summed E-state index contributed by atoms with van der Waals surface area (Å²) in [4.78, 5) is 12.4. The molecular formula is C20H16N4O2S. The molecule has 0 aliphatic heterocycles. The molecule has 7 heteroatoms. The second kappa shape index (κ2) is 8.25. The second-order valence-electron chi connectivity index (χ2n) is 5.68. The first kappa shape index (κ1) is 18.3. The van der Waals surface area contributed by atoms with Crippen molar-refractivity contribution in [3.05, 3.63) is 65.2 Å². The molecule has 2 aromatic carbocycles. The number of methoxy groups -OCH3 is 1. The number of nitrogens with zero attached hydrogens (tertiary/aromatic N) is 3. The van der Waals surface area contributed by atoms with Gasteiger partial charge in [-0.15, -0.1) is 10.2 Å². The van der Waals surface area contributed by atoms with Crippen LogP contribution in [0.2, 0.25) is 0 Å². The van der Waals surface area contributed by atoms with Gasteiger partial charge in [-0.2, -0.15) is 5.26 Å². The topological polar surface area (TPSA) is 87.9 Å². The van der Waals surface area contributed by atoms with Crippen LogP contribution in [0, 0.1) is 18.3 Å². The fourth-order valence-electron chi connectivity index (χ4n) is 2.27. The Balaban J connectivity index is 1.74. The number of rotatable bonds is 5. The Hall–Kier alpha value is -3.50. The number of carbonyl (C=O) groups is 1. The van der Waals surface area contributed by atoms with Crippen molar-refractivity contribution in [2.45, 2.75) is 6.92 Å². The van der Waals surface area contributed by atoms with E-state index < -0.39 is 5.91 Å². The fourth-order valence-corrected chi connectivity index (χ4v) is 3.01. The van der Waals surface area contributed by atoms with Crippen molar-refractivity contribution < 1.29 is 9.53 Å². The van der Waals surface area contributed by atoms with Gasteiger partial charge in [0.15, 0.2) is 0 Å². The maximum absolute atomic E-state index is 12.4. The third-order valence-corrected chi connectivity index (χ3v) is 4.62. The summed E-state index contributed by atoms with van der Waals surface area (Å²) in [5.41, 5.74) is 2.78. The third-order valence-electron chi connectivity index (χ3n) is 3.74. The number of hydrogen-bond acceptors (Lipinski definition) is 6. The molecule has 1 aromatic heterocycles. The average Bonchev–Trinajstić information content (AvgIpc) is 3.15. The first-order valence-electron chi connectivity index (χ1n) is 8.07. The van der Waals surface area contributed by atoms with Gasteiger partial charge in [0, 0.05) is 5.56 Å². The molecule has 0 aliphatic rings. The van der Waals surface area contributed by atoms with Gasteiger partial charge in [0.1, 0.15) is 22.4 Å². The number of aromatic nitrogens is 2. The molecule has 3 aromatic rings. The highest BCUT2D eigenvalue weighted by atomic mass is 32.1. The van der Waals surface area contributed by atoms with Crippen LogP contribution in [0.25, 0.3) is 16.6 Å². The number of nitriles is 1. The Morgan fingerprint density at radius 3 is 2.48 bits per heavy atom. The summed E-state index contributed by atoms with van der Waals surface area (Å²) in [6, 6.07) is 16.8. The molecule has 134 valence electrons. The van der Waals surface area contributed by atoms with Crippen LogP contribution in [0.1, 0.15) is 11.1 Å². The van der Waals surface area contributed by atoms with E-state index in [2.05, 4.69) is 15.5 Å². The van der Waals surface area contributed by atoms with Crippen molar-refractivity contribution in [1.29, 1.82) is 5.26 Å². The minimum Gasteiger partial charge on any atom is -0.497 e. The van der Waals surface area contributed by atoms with Crippen LogP contribution in [0.3, 0.4) is 0 Å². The summed E-state index contributed by atoms with van der Waals surface area (Å²) in [7, 11) is 1.58. The summed E-state index contributed by atoms with van der Waals surface area (Å²) >= 11 is 1.25. The zero-order valence-corrected chi connectivity index (χ0v) is 15.6. The minimum absolute atomic E-state index is 0.0211. The monoisotopic (exact) mass is 376 g/mol. The van der Waals surface area contributed by atoms with Gasteiger partial charge in [-0.1, -0.05) is 53.3 Å². The van der Waals surface area contributed by atoms with Gasteiger partial charge in [0.05, 0.1) is 7.11 Å². The van der Waals surface area contributed by atoms with E-state index in [0.717, 1.165) is 16.7 Å². The number of anilines is 1. The lowest BCUT2D eigenvalue weighted by molar-refractivity contribution is -0.112. The normalized spacial score (nSPS) is 10.9. The summed E-state index contributed by atoms with van der Waals surface area (Å²) in [6.45, 7) is 2.01. The first-order valence-corrected chi connectivity index (χ1v) is 8.88. The van der Waals surface area contributed by atoms with E-state index in [0.29, 0.717) is 15.9 Å². The van der Waals surface area contributed by atoms with E-state index in [1.165, 1.54) is 17.4 Å². The predicted octanol–water partition coefficient (Wildman–Crippen LogP) is 4.07. The van der Waals surface area contributed by atoms with E-state index >= 15 is 0 Å². The third kappa shape index (κ3) is 4.57. The molecule has 1 heterocycles. The van der Waals surface area contributed by atoms with Gasteiger partial charge in [-0.3, -0.25) is 10.1 Å². The fraction of sp³-hybridized carbons (Fsp3) is 0.100. The van der Waals surface area contributed by atoms with Gasteiger partial charge in [-0.05, 0) is 30.7 Å². The highest BCUT2D eigenvalue weighted by Gasteiger charge is 2.13. The number of hydrogen-bond donors (Lipinski definition) is 1. The lowest BCUT2D eigenvalue weighted by Crippen LogP contribution is -2.13. The van der Waals surface area contributed by atoms with Crippen LogP contribution in [-0.4, -0.2) is 23.2 Å². The number of ether oxygens (including phenoxy) is 1. The Bertz CT molecular complexity index is 1020. The minimum atomic E-state index is -0.528. The number of nitrogens with one attached hydrogen (secondary N) is 1. The highest BCUT2D eigenvalue weighted by molar-refractivity contribution is 7.18. The van der Waals surface area contributed by atoms with Crippen molar-refractivity contribution in [3.8, 4) is 22.4 Å². The van der Waals surface area contributed by atoms with Gasteiger partial charge in [0.25, 0.3) is 5.91 Å². The number of carbonyl (C=O) groups excluding carboxylic acids is 1. The molecule has 1 N–H and O–H groups in total. The molecule has 0 saturated heterocycles. The van der Waals surface area contributed by atoms with Crippen molar-refractivity contribution in [1.82, 2.24) is 10.2 Å². The smallest absolute Gasteiger partial charge is 0.268 e. The van der Waals surface area contributed by atoms with Crippen LogP contribution < -0.4 is 10.1 Å². The molecule has 0 spiro atoms. The van der Waals surface area contributed by atoms with E-state index in [1.54, 1.807) is 31.4 Å². The quantitative estimate of drug-likeness (QED) is 0.536. The van der Waals surface area contributed by atoms with Crippen molar-refractivity contribution in [2.24, 2.45) is 0 Å². The predicted molar refractivity (Wildman–Crippen MR) is 105 cm³/mol. The SMILES string of the molecule is COc1ccc(/C=C(/C#N)C(=O)Nc2nnc(-c3ccc(C)cc3)s2)cc1. The highest BCUT2D eigenvalue weighted by Crippen LogP contribution is 2.26. The summed E-state index contributed by atoms with van der Waals surface area (Å²) in [5.74, 6) is 0.174. The van der Waals surface area contributed by atoms with Gasteiger partial charge < -0.3 is 4.74 Å². The lowest BCUT2D eigenvalue weighted by Gasteiger charge is -2.01. The standard InChI is InChI=1S/C20H16N4O2S/c1-13-3-7-15(8-4-13)19-23-24-20(27-19)22-18(25)16(12-21)11-14-5-9-17(26-2)10-6-14/h3-11H,1-2H3,(H,22,24,25)/b16-11-. The largest absolute Gasteiger partial charge is 0.497 e. The van der Waals surface area contributed by atoms with Crippen molar-refractivity contribution in [3.63, 3.8) is 0 Å². The molecule has 0 bridgehead atoms. The van der Waals surface area contributed by atoms with Crippen LogP contribution in [0.5, 0.6) is 5.75 Å². The first-order chi connectivity index (χ1) is 13.1. The van der Waals surface area contributed by atoms with E-state index in [4.69, 9.17) is 4.74 Å². The lowest BCUT2D eigenvalue weighted by atomic mass is 10.1. The van der Waals surface area contributed by atoms with Crippen LogP contribution in [-0.2, 0) is 4.79 Å². The second-order valence-corrected chi connectivity index (χ2v) is 6.65. The molecule has 0 radical (unpaired) electrons. The van der Waals surface area contributed by atoms with Crippen LogP contribution in [0.4, 0.5) is 5.13 Å². The average molecular weight is 376 g/mol. The number of amides is 1. The Morgan fingerprint density at radius 1 is 1.15 bits per heavy atom. The Labute approximate surface area is 160 Å². The van der Waals surface area contributed by atoms with E-state index in [9.17, 15) is 10.1 Å². The summed E-state index contributed by atoms with van der Waals surface area (Å²) < 4.78 is 5.09.